The molecule has 0 unspecified atom stereocenters. The van der Waals surface area contributed by atoms with Crippen molar-refractivity contribution in [1.29, 1.82) is 0 Å². The number of hydrogen-bond donors (Lipinski definition) is 0. The van der Waals surface area contributed by atoms with Gasteiger partial charge in [-0.2, -0.15) is 0 Å². The van der Waals surface area contributed by atoms with Crippen molar-refractivity contribution < 1.29 is 9.22 Å². The molecule has 1 heterocycles. The van der Waals surface area contributed by atoms with Crippen LogP contribution in [0.5, 0.6) is 5.75 Å². The molecule has 0 saturated carbocycles. The maximum Gasteiger partial charge on any atom is 0.319 e. The SMILES string of the molecule is CCCCN(CCCC)c1ccc(/C=C/c2ccc(C=O)s2)c(O[Si](c2ccccc2)(c2ccccc2)C(C)(C)C)c1. The third kappa shape index (κ3) is 7.32. The minimum atomic E-state index is -2.84. The summed E-state index contributed by atoms with van der Waals surface area (Å²) < 4.78 is 7.59. The van der Waals surface area contributed by atoms with Crippen LogP contribution in [0.1, 0.15) is 80.4 Å². The van der Waals surface area contributed by atoms with Crippen LogP contribution in [0.15, 0.2) is 91.0 Å². The van der Waals surface area contributed by atoms with Crippen molar-refractivity contribution in [2.45, 2.75) is 65.3 Å². The molecular formula is C37H45NO2SSi. The first-order valence-corrected chi connectivity index (χ1v) is 18.0. The van der Waals surface area contributed by atoms with E-state index in [1.807, 2.05) is 12.1 Å². The average Bonchev–Trinajstić information content (AvgIpc) is 3.47. The first kappa shape index (κ1) is 31.5. The standard InChI is InChI=1S/C37H45NO2SSi/c1-6-8-26-38(27-9-7-2)31-22-20-30(21-23-32-24-25-33(29-39)41-32)36(28-31)40-42(37(3,4)5,34-16-12-10-13-17-34)35-18-14-11-15-19-35/h10-25,28-29H,6-9,26-27H2,1-5H3/b23-21+. The second kappa shape index (κ2) is 14.7. The number of rotatable bonds is 14. The van der Waals surface area contributed by atoms with Crippen molar-refractivity contribution in [3.05, 3.63) is 106 Å². The van der Waals surface area contributed by atoms with E-state index in [4.69, 9.17) is 4.43 Å². The molecule has 0 radical (unpaired) electrons. The quantitative estimate of drug-likeness (QED) is 0.108. The molecule has 0 aliphatic rings. The van der Waals surface area contributed by atoms with Gasteiger partial charge in [-0.15, -0.1) is 11.3 Å². The van der Waals surface area contributed by atoms with Crippen LogP contribution in [0.3, 0.4) is 0 Å². The maximum absolute atomic E-state index is 11.3. The summed E-state index contributed by atoms with van der Waals surface area (Å²) in [5.41, 5.74) is 2.25. The van der Waals surface area contributed by atoms with Gasteiger partial charge in [0.2, 0.25) is 0 Å². The zero-order chi connectivity index (χ0) is 30.0. The fourth-order valence-electron chi connectivity index (χ4n) is 5.52. The number of hydrogen-bond acceptors (Lipinski definition) is 4. The highest BCUT2D eigenvalue weighted by Crippen LogP contribution is 2.40. The second-order valence-corrected chi connectivity index (χ2v) is 17.2. The Balaban J connectivity index is 1.90. The van der Waals surface area contributed by atoms with Gasteiger partial charge in [-0.05, 0) is 64.7 Å². The smallest absolute Gasteiger partial charge is 0.319 e. The van der Waals surface area contributed by atoms with E-state index in [9.17, 15) is 4.79 Å². The zero-order valence-corrected chi connectivity index (χ0v) is 27.6. The lowest BCUT2D eigenvalue weighted by Gasteiger charge is -2.43. The van der Waals surface area contributed by atoms with Crippen molar-refractivity contribution >= 4 is 54.2 Å². The van der Waals surface area contributed by atoms with Gasteiger partial charge in [-0.1, -0.05) is 108 Å². The third-order valence-corrected chi connectivity index (χ3v) is 13.7. The van der Waals surface area contributed by atoms with Crippen molar-refractivity contribution in [2.24, 2.45) is 0 Å². The summed E-state index contributed by atoms with van der Waals surface area (Å²) in [6, 6.07) is 32.2. The van der Waals surface area contributed by atoms with Crippen LogP contribution in [0.4, 0.5) is 5.69 Å². The Bertz CT molecular complexity index is 1390. The minimum Gasteiger partial charge on any atom is -0.534 e. The van der Waals surface area contributed by atoms with Gasteiger partial charge < -0.3 is 9.33 Å². The van der Waals surface area contributed by atoms with Crippen molar-refractivity contribution in [1.82, 2.24) is 0 Å². The van der Waals surface area contributed by atoms with Crippen LogP contribution in [0.25, 0.3) is 12.2 Å². The lowest BCUT2D eigenvalue weighted by Crippen LogP contribution is -2.68. The van der Waals surface area contributed by atoms with Crippen LogP contribution >= 0.6 is 11.3 Å². The molecule has 3 aromatic carbocycles. The lowest BCUT2D eigenvalue weighted by molar-refractivity contribution is 0.112. The molecule has 0 spiro atoms. The first-order valence-electron chi connectivity index (χ1n) is 15.2. The van der Waals surface area contributed by atoms with Crippen LogP contribution in [-0.4, -0.2) is 27.7 Å². The molecule has 1 aromatic heterocycles. The minimum absolute atomic E-state index is 0.149. The normalized spacial score (nSPS) is 12.0. The molecule has 4 rings (SSSR count). The fourth-order valence-corrected chi connectivity index (χ4v) is 10.7. The van der Waals surface area contributed by atoms with E-state index in [1.54, 1.807) is 0 Å². The molecule has 0 fully saturated rings. The van der Waals surface area contributed by atoms with E-state index in [0.29, 0.717) is 0 Å². The highest BCUT2D eigenvalue weighted by molar-refractivity contribution is 7.14. The summed E-state index contributed by atoms with van der Waals surface area (Å²) in [7, 11) is -2.84. The first-order chi connectivity index (χ1) is 20.3. The van der Waals surface area contributed by atoms with Crippen LogP contribution < -0.4 is 19.7 Å². The lowest BCUT2D eigenvalue weighted by atomic mass is 10.1. The summed E-state index contributed by atoms with van der Waals surface area (Å²) >= 11 is 1.50. The molecule has 0 aliphatic carbocycles. The highest BCUT2D eigenvalue weighted by atomic mass is 32.1. The summed E-state index contributed by atoms with van der Waals surface area (Å²) in [4.78, 5) is 15.6. The molecule has 3 nitrogen and oxygen atoms in total. The predicted molar refractivity (Wildman–Crippen MR) is 185 cm³/mol. The fraction of sp³-hybridized carbons (Fsp3) is 0.324. The van der Waals surface area contributed by atoms with Crippen LogP contribution in [0.2, 0.25) is 5.04 Å². The molecular weight excluding hydrogens is 551 g/mol. The number of thiophene rings is 1. The van der Waals surface area contributed by atoms with E-state index >= 15 is 0 Å². The number of carbonyl (C=O) groups is 1. The Hall–Kier alpha value is -3.41. The van der Waals surface area contributed by atoms with Crippen molar-refractivity contribution in [3.63, 3.8) is 0 Å². The Kier molecular flexibility index (Phi) is 11.0. The van der Waals surface area contributed by atoms with Crippen LogP contribution in [-0.2, 0) is 0 Å². The Labute approximate surface area is 258 Å². The molecule has 5 heteroatoms. The number of benzene rings is 3. The van der Waals surface area contributed by atoms with Gasteiger partial charge in [0.15, 0.2) is 6.29 Å². The molecule has 0 amide bonds. The Morgan fingerprint density at radius 1 is 0.762 bits per heavy atom. The summed E-state index contributed by atoms with van der Waals surface area (Å²) in [6.45, 7) is 13.5. The van der Waals surface area contributed by atoms with Crippen molar-refractivity contribution in [2.75, 3.05) is 18.0 Å². The van der Waals surface area contributed by atoms with E-state index in [2.05, 4.69) is 131 Å². The van der Waals surface area contributed by atoms with Gasteiger partial charge in [0.1, 0.15) is 5.75 Å². The number of unbranched alkanes of at least 4 members (excludes halogenated alkanes) is 2. The summed E-state index contributed by atoms with van der Waals surface area (Å²) in [6.07, 6.45) is 9.80. The van der Waals surface area contributed by atoms with Crippen molar-refractivity contribution in [3.8, 4) is 5.75 Å². The maximum atomic E-state index is 11.3. The Morgan fingerprint density at radius 2 is 1.33 bits per heavy atom. The second-order valence-electron chi connectivity index (χ2n) is 11.9. The summed E-state index contributed by atoms with van der Waals surface area (Å²) in [5, 5.41) is 2.36. The van der Waals surface area contributed by atoms with E-state index in [-0.39, 0.29) is 5.04 Å². The molecule has 42 heavy (non-hydrogen) atoms. The number of aldehydes is 1. The average molecular weight is 596 g/mol. The monoisotopic (exact) mass is 595 g/mol. The molecule has 4 aromatic rings. The van der Waals surface area contributed by atoms with E-state index < -0.39 is 8.32 Å². The molecule has 0 aliphatic heterocycles. The number of carbonyl (C=O) groups excluding carboxylic acids is 1. The highest BCUT2D eigenvalue weighted by Gasteiger charge is 2.52. The molecule has 0 N–H and O–H groups in total. The molecule has 220 valence electrons. The largest absolute Gasteiger partial charge is 0.534 e. The number of anilines is 1. The zero-order valence-electron chi connectivity index (χ0n) is 25.8. The predicted octanol–water partition coefficient (Wildman–Crippen LogP) is 9.08. The van der Waals surface area contributed by atoms with E-state index in [1.165, 1.54) is 40.2 Å². The Morgan fingerprint density at radius 3 is 1.83 bits per heavy atom. The van der Waals surface area contributed by atoms with Gasteiger partial charge in [0.25, 0.3) is 0 Å². The van der Waals surface area contributed by atoms with Crippen LogP contribution in [0, 0.1) is 0 Å². The van der Waals surface area contributed by atoms with Gasteiger partial charge in [-0.25, -0.2) is 0 Å². The number of nitrogens with zero attached hydrogens (tertiary/aromatic N) is 1. The van der Waals surface area contributed by atoms with Gasteiger partial charge in [0.05, 0.1) is 4.88 Å². The summed E-state index contributed by atoms with van der Waals surface area (Å²) in [5.74, 6) is 0.906. The third-order valence-electron chi connectivity index (χ3n) is 7.80. The topological polar surface area (TPSA) is 29.5 Å². The molecule has 0 bridgehead atoms. The molecule has 0 saturated heterocycles. The van der Waals surface area contributed by atoms with Gasteiger partial charge >= 0.3 is 8.32 Å². The van der Waals surface area contributed by atoms with Gasteiger partial charge in [-0.3, -0.25) is 4.79 Å². The van der Waals surface area contributed by atoms with E-state index in [0.717, 1.165) is 53.3 Å². The molecule has 0 atom stereocenters. The van der Waals surface area contributed by atoms with Gasteiger partial charge in [0, 0.05) is 35.3 Å².